The number of hydrogen-bond acceptors (Lipinski definition) is 5. The van der Waals surface area contributed by atoms with Gasteiger partial charge in [-0.1, -0.05) is 35.9 Å². The van der Waals surface area contributed by atoms with E-state index in [-0.39, 0.29) is 5.91 Å². The van der Waals surface area contributed by atoms with Crippen LogP contribution in [0.25, 0.3) is 0 Å². The van der Waals surface area contributed by atoms with Gasteiger partial charge in [0.2, 0.25) is 5.91 Å². The van der Waals surface area contributed by atoms with Crippen LogP contribution in [0.2, 0.25) is 0 Å². The number of nitrogens with zero attached hydrogens (tertiary/aromatic N) is 1. The van der Waals surface area contributed by atoms with Gasteiger partial charge in [-0.3, -0.25) is 4.79 Å². The standard InChI is InChI=1S/C22H21N3O3/c1-15-6-8-16(9-7-15)12-21(26)25-20-11-10-19(14-23-20)24-18-5-3-4-17(13-18)22(27)28-2/h3-11,13-14,24H,12H2,1-2H3,(H,23,25,26). The summed E-state index contributed by atoms with van der Waals surface area (Å²) in [5.74, 6) is -0.0396. The van der Waals surface area contributed by atoms with Gasteiger partial charge in [0, 0.05) is 5.69 Å². The maximum Gasteiger partial charge on any atom is 0.337 e. The number of carbonyl (C=O) groups excluding carboxylic acids is 2. The number of aromatic nitrogens is 1. The molecule has 0 radical (unpaired) electrons. The molecule has 1 aromatic heterocycles. The fourth-order valence-corrected chi connectivity index (χ4v) is 2.63. The molecule has 0 aliphatic carbocycles. The van der Waals surface area contributed by atoms with Crippen LogP contribution in [0.3, 0.4) is 0 Å². The zero-order chi connectivity index (χ0) is 19.9. The molecule has 0 fully saturated rings. The highest BCUT2D eigenvalue weighted by Crippen LogP contribution is 2.19. The number of amides is 1. The lowest BCUT2D eigenvalue weighted by Gasteiger charge is -2.09. The number of methoxy groups -OCH3 is 1. The first-order valence-electron chi connectivity index (χ1n) is 8.80. The Bertz CT molecular complexity index is 967. The first-order chi connectivity index (χ1) is 13.5. The van der Waals surface area contributed by atoms with E-state index in [0.717, 1.165) is 22.5 Å². The summed E-state index contributed by atoms with van der Waals surface area (Å²) in [5, 5.41) is 5.95. The number of anilines is 3. The van der Waals surface area contributed by atoms with Crippen LogP contribution in [0.15, 0.2) is 66.9 Å². The van der Waals surface area contributed by atoms with Crippen LogP contribution in [-0.4, -0.2) is 24.0 Å². The molecule has 142 valence electrons. The Kier molecular flexibility index (Phi) is 6.01. The summed E-state index contributed by atoms with van der Waals surface area (Å²) in [4.78, 5) is 28.0. The molecule has 0 spiro atoms. The molecule has 0 atom stereocenters. The van der Waals surface area contributed by atoms with Crippen LogP contribution in [0, 0.1) is 6.92 Å². The Morgan fingerprint density at radius 2 is 1.79 bits per heavy atom. The predicted octanol–water partition coefficient (Wildman–Crippen LogP) is 4.10. The molecule has 6 heteroatoms. The third kappa shape index (κ3) is 5.17. The third-order valence-electron chi connectivity index (χ3n) is 4.09. The molecule has 1 heterocycles. The minimum atomic E-state index is -0.395. The first-order valence-corrected chi connectivity index (χ1v) is 8.80. The van der Waals surface area contributed by atoms with Crippen LogP contribution >= 0.6 is 0 Å². The van der Waals surface area contributed by atoms with Crippen molar-refractivity contribution in [2.75, 3.05) is 17.7 Å². The average molecular weight is 375 g/mol. The molecule has 0 aliphatic heterocycles. The molecule has 2 N–H and O–H groups in total. The fraction of sp³-hybridized carbons (Fsp3) is 0.136. The lowest BCUT2D eigenvalue weighted by molar-refractivity contribution is -0.115. The van der Waals surface area contributed by atoms with Gasteiger partial charge in [-0.25, -0.2) is 9.78 Å². The maximum absolute atomic E-state index is 12.2. The first kappa shape index (κ1) is 19.1. The summed E-state index contributed by atoms with van der Waals surface area (Å²) >= 11 is 0. The van der Waals surface area contributed by atoms with E-state index in [1.165, 1.54) is 7.11 Å². The van der Waals surface area contributed by atoms with Crippen molar-refractivity contribution in [3.8, 4) is 0 Å². The molecule has 6 nitrogen and oxygen atoms in total. The second-order valence-electron chi connectivity index (χ2n) is 6.34. The molecule has 3 rings (SSSR count). The highest BCUT2D eigenvalue weighted by molar-refractivity contribution is 5.92. The van der Waals surface area contributed by atoms with E-state index in [1.807, 2.05) is 37.3 Å². The number of carbonyl (C=O) groups is 2. The number of ether oxygens (including phenoxy) is 1. The van der Waals surface area contributed by atoms with Crippen LogP contribution in [0.4, 0.5) is 17.2 Å². The summed E-state index contributed by atoms with van der Waals surface area (Å²) in [6.45, 7) is 2.01. The molecular formula is C22H21N3O3. The summed E-state index contributed by atoms with van der Waals surface area (Å²) in [7, 11) is 1.35. The van der Waals surface area contributed by atoms with Crippen LogP contribution in [0.5, 0.6) is 0 Å². The molecule has 0 unspecified atom stereocenters. The van der Waals surface area contributed by atoms with Crippen molar-refractivity contribution in [2.24, 2.45) is 0 Å². The Labute approximate surface area is 163 Å². The lowest BCUT2D eigenvalue weighted by atomic mass is 10.1. The van der Waals surface area contributed by atoms with E-state index < -0.39 is 5.97 Å². The highest BCUT2D eigenvalue weighted by Gasteiger charge is 2.07. The molecule has 3 aromatic rings. The molecule has 0 saturated heterocycles. The van der Waals surface area contributed by atoms with Gasteiger partial charge in [0.25, 0.3) is 0 Å². The largest absolute Gasteiger partial charge is 0.465 e. The molecule has 0 saturated carbocycles. The van der Waals surface area contributed by atoms with Crippen molar-refractivity contribution in [1.29, 1.82) is 0 Å². The number of esters is 1. The van der Waals surface area contributed by atoms with E-state index in [1.54, 1.807) is 36.5 Å². The Morgan fingerprint density at radius 1 is 1.00 bits per heavy atom. The summed E-state index contributed by atoms with van der Waals surface area (Å²) in [6.07, 6.45) is 1.91. The topological polar surface area (TPSA) is 80.3 Å². The van der Waals surface area contributed by atoms with E-state index in [9.17, 15) is 9.59 Å². The van der Waals surface area contributed by atoms with E-state index in [4.69, 9.17) is 4.74 Å². The second-order valence-corrected chi connectivity index (χ2v) is 6.34. The number of rotatable bonds is 6. The monoisotopic (exact) mass is 375 g/mol. The van der Waals surface area contributed by atoms with Crippen molar-refractivity contribution >= 4 is 29.1 Å². The molecule has 1 amide bonds. The van der Waals surface area contributed by atoms with Crippen molar-refractivity contribution in [3.05, 3.63) is 83.6 Å². The van der Waals surface area contributed by atoms with Crippen molar-refractivity contribution in [1.82, 2.24) is 4.98 Å². The van der Waals surface area contributed by atoms with Gasteiger partial charge < -0.3 is 15.4 Å². The quantitative estimate of drug-likeness (QED) is 0.634. The highest BCUT2D eigenvalue weighted by atomic mass is 16.5. The molecule has 0 bridgehead atoms. The SMILES string of the molecule is COC(=O)c1cccc(Nc2ccc(NC(=O)Cc3ccc(C)cc3)nc2)c1. The van der Waals surface area contributed by atoms with Crippen LogP contribution in [0.1, 0.15) is 21.5 Å². The average Bonchev–Trinajstić information content (AvgIpc) is 2.71. The number of nitrogens with one attached hydrogen (secondary N) is 2. The van der Waals surface area contributed by atoms with Crippen molar-refractivity contribution in [3.63, 3.8) is 0 Å². The molecule has 0 aliphatic rings. The number of pyridine rings is 1. The van der Waals surface area contributed by atoms with E-state index in [2.05, 4.69) is 15.6 Å². The van der Waals surface area contributed by atoms with Gasteiger partial charge in [0.15, 0.2) is 0 Å². The Morgan fingerprint density at radius 3 is 2.46 bits per heavy atom. The number of aryl methyl sites for hydroxylation is 1. The minimum absolute atomic E-state index is 0.122. The number of benzene rings is 2. The van der Waals surface area contributed by atoms with Crippen molar-refractivity contribution in [2.45, 2.75) is 13.3 Å². The van der Waals surface area contributed by atoms with Crippen molar-refractivity contribution < 1.29 is 14.3 Å². The van der Waals surface area contributed by atoms with E-state index >= 15 is 0 Å². The molecule has 28 heavy (non-hydrogen) atoms. The summed E-state index contributed by atoms with van der Waals surface area (Å²) in [6, 6.07) is 18.4. The van der Waals surface area contributed by atoms with Gasteiger partial charge in [-0.15, -0.1) is 0 Å². The van der Waals surface area contributed by atoms with E-state index in [0.29, 0.717) is 17.8 Å². The minimum Gasteiger partial charge on any atom is -0.465 e. The van der Waals surface area contributed by atoms with Gasteiger partial charge in [-0.2, -0.15) is 0 Å². The summed E-state index contributed by atoms with van der Waals surface area (Å²) in [5.41, 5.74) is 4.04. The van der Waals surface area contributed by atoms with Crippen LogP contribution in [-0.2, 0) is 16.0 Å². The normalized spacial score (nSPS) is 10.2. The van der Waals surface area contributed by atoms with Crippen LogP contribution < -0.4 is 10.6 Å². The zero-order valence-corrected chi connectivity index (χ0v) is 15.7. The summed E-state index contributed by atoms with van der Waals surface area (Å²) < 4.78 is 4.72. The second kappa shape index (κ2) is 8.81. The lowest BCUT2D eigenvalue weighted by Crippen LogP contribution is -2.15. The molecular weight excluding hydrogens is 354 g/mol. The Hall–Kier alpha value is -3.67. The predicted molar refractivity (Wildman–Crippen MR) is 109 cm³/mol. The Balaban J connectivity index is 1.59. The van der Waals surface area contributed by atoms with Gasteiger partial charge in [-0.05, 0) is 42.8 Å². The molecule has 2 aromatic carbocycles. The smallest absolute Gasteiger partial charge is 0.337 e. The third-order valence-corrected chi connectivity index (χ3v) is 4.09. The maximum atomic E-state index is 12.2. The zero-order valence-electron chi connectivity index (χ0n) is 15.7. The fourth-order valence-electron chi connectivity index (χ4n) is 2.63. The number of hydrogen-bond donors (Lipinski definition) is 2. The van der Waals surface area contributed by atoms with Gasteiger partial charge in [0.1, 0.15) is 5.82 Å². The van der Waals surface area contributed by atoms with Gasteiger partial charge in [0.05, 0.1) is 31.0 Å². The van der Waals surface area contributed by atoms with Gasteiger partial charge >= 0.3 is 5.97 Å².